The van der Waals surface area contributed by atoms with Gasteiger partial charge in [-0.2, -0.15) is 28.1 Å². The zero-order valence-electron chi connectivity index (χ0n) is 23.1. The molecule has 10 nitrogen and oxygen atoms in total. The minimum absolute atomic E-state index is 0.0496. The number of amides is 3. The maximum Gasteiger partial charge on any atom is 0.529 e. The van der Waals surface area contributed by atoms with Crippen LogP contribution in [0.4, 0.5) is 18.0 Å². The predicted octanol–water partition coefficient (Wildman–Crippen LogP) is 3.27. The standard InChI is InChI=1S/C28H30F3N6O4/c1-27(2,3)16-37(41-25(39)28(29,30)31)21-11-12-22(33-23(21)34(4)26(37)40)35-14-20-10-9-19(35)15-36(20)24(38)18-7-5-17(13-32)6-8-18/h5-8,11-12,19-20H,9-10,14-16H2,1-4H3/q+2. The van der Waals surface area contributed by atoms with Gasteiger partial charge < -0.3 is 4.90 Å². The Hall–Kier alpha value is -4.18. The number of likely N-dealkylation sites (N-methyl/N-ethyl adjacent to an activating group) is 1. The van der Waals surface area contributed by atoms with Gasteiger partial charge in [-0.05, 0) is 37.1 Å². The second-order valence-corrected chi connectivity index (χ2v) is 11.9. The van der Waals surface area contributed by atoms with Crippen molar-refractivity contribution < 1.29 is 37.0 Å². The van der Waals surface area contributed by atoms with Crippen LogP contribution >= 0.6 is 0 Å². The number of hydroxylamine groups is 3. The lowest BCUT2D eigenvalue weighted by Gasteiger charge is -2.49. The number of piperidine rings is 2. The van der Waals surface area contributed by atoms with Crippen LogP contribution in [0, 0.1) is 16.7 Å². The number of fused-ring (bicyclic) bond motifs is 4. The minimum Gasteiger partial charge on any atom is -0.329 e. The molecule has 5 aliphatic heterocycles. The highest BCUT2D eigenvalue weighted by molar-refractivity contribution is 6.10. The Morgan fingerprint density at radius 3 is 2.32 bits per heavy atom. The number of allylic oxidation sites excluding steroid dienone is 2. The van der Waals surface area contributed by atoms with Crippen molar-refractivity contribution in [2.24, 2.45) is 5.41 Å². The molecule has 0 N–H and O–H groups in total. The van der Waals surface area contributed by atoms with Gasteiger partial charge in [0.15, 0.2) is 0 Å². The Balaban J connectivity index is 1.42. The Labute approximate surface area is 235 Å². The molecule has 3 atom stereocenters. The SMILES string of the molecule is CN1C(=O)[N+](CC(C)(C)C)(OC(=O)C(F)(F)F)C2=CC=C(N3CC4CCC3CN4C(=O)c3ccc(C#N)cc3)[N+]=C21. The second kappa shape index (κ2) is 9.73. The van der Waals surface area contributed by atoms with Crippen molar-refractivity contribution in [2.75, 3.05) is 26.7 Å². The van der Waals surface area contributed by atoms with Crippen molar-refractivity contribution in [1.29, 1.82) is 5.26 Å². The number of piperazine rings is 1. The molecule has 41 heavy (non-hydrogen) atoms. The number of carbonyl (C=O) groups excluding carboxylic acids is 3. The van der Waals surface area contributed by atoms with E-state index in [1.165, 1.54) is 13.1 Å². The Bertz CT molecular complexity index is 1440. The molecule has 0 spiro atoms. The van der Waals surface area contributed by atoms with E-state index in [0.29, 0.717) is 30.0 Å². The molecule has 1 aromatic carbocycles. The van der Waals surface area contributed by atoms with Crippen molar-refractivity contribution >= 4 is 23.7 Å². The summed E-state index contributed by atoms with van der Waals surface area (Å²) in [5.74, 6) is -1.95. The van der Waals surface area contributed by atoms with E-state index in [1.54, 1.807) is 51.1 Å². The molecule has 5 heterocycles. The first-order valence-electron chi connectivity index (χ1n) is 13.2. The van der Waals surface area contributed by atoms with Crippen molar-refractivity contribution in [2.45, 2.75) is 51.9 Å². The highest BCUT2D eigenvalue weighted by Gasteiger charge is 2.67. The predicted molar refractivity (Wildman–Crippen MR) is 139 cm³/mol. The van der Waals surface area contributed by atoms with E-state index < -0.39 is 28.2 Å². The molecule has 4 saturated heterocycles. The number of alkyl halides is 3. The molecular weight excluding hydrogens is 541 g/mol. The number of hydrogen-bond acceptors (Lipinski definition) is 7. The topological polar surface area (TPSA) is 108 Å². The minimum atomic E-state index is -5.29. The van der Waals surface area contributed by atoms with Crippen molar-refractivity contribution in [3.63, 3.8) is 0 Å². The number of aliphatic imine (C=N–C) groups is 1. The first-order valence-corrected chi connectivity index (χ1v) is 13.2. The van der Waals surface area contributed by atoms with Gasteiger partial charge in [0.2, 0.25) is 0 Å². The Kier molecular flexibility index (Phi) is 6.73. The summed E-state index contributed by atoms with van der Waals surface area (Å²) < 4.78 is 38.5. The molecule has 4 fully saturated rings. The molecule has 5 aliphatic rings. The molecule has 0 aliphatic carbocycles. The molecule has 1 aromatic rings. The summed E-state index contributed by atoms with van der Waals surface area (Å²) >= 11 is 0. The first kappa shape index (κ1) is 28.4. The number of nitrogens with zero attached hydrogens (tertiary/aromatic N) is 6. The molecule has 3 amide bonds. The maximum atomic E-state index is 13.5. The Morgan fingerprint density at radius 1 is 1.10 bits per heavy atom. The molecule has 215 valence electrons. The van der Waals surface area contributed by atoms with Crippen molar-refractivity contribution in [3.8, 4) is 6.07 Å². The normalized spacial score (nSPS) is 25.8. The largest absolute Gasteiger partial charge is 0.529 e. The van der Waals surface area contributed by atoms with Gasteiger partial charge in [-0.25, -0.2) is 9.63 Å². The van der Waals surface area contributed by atoms with E-state index in [1.807, 2.05) is 15.9 Å². The molecular formula is C28H30F3N6O4+2. The summed E-state index contributed by atoms with van der Waals surface area (Å²) in [6.07, 6.45) is -0.563. The fourth-order valence-corrected chi connectivity index (χ4v) is 5.90. The molecule has 0 saturated carbocycles. The molecule has 1 radical (unpaired) electrons. The molecule has 13 heteroatoms. The van der Waals surface area contributed by atoms with Crippen LogP contribution in [-0.2, 0) is 9.63 Å². The van der Waals surface area contributed by atoms with Crippen molar-refractivity contribution in [3.05, 3.63) is 59.1 Å². The van der Waals surface area contributed by atoms with Gasteiger partial charge in [0.1, 0.15) is 6.54 Å². The number of carbonyl (C=O) groups is 3. The van der Waals surface area contributed by atoms with Crippen LogP contribution in [0.3, 0.4) is 0 Å². The van der Waals surface area contributed by atoms with E-state index in [0.717, 1.165) is 17.7 Å². The number of hydrogen-bond donors (Lipinski definition) is 0. The fourth-order valence-electron chi connectivity index (χ4n) is 5.90. The molecule has 2 bridgehead atoms. The monoisotopic (exact) mass is 571 g/mol. The third-order valence-corrected chi connectivity index (χ3v) is 7.66. The highest BCUT2D eigenvalue weighted by atomic mass is 19.4. The lowest BCUT2D eigenvalue weighted by Crippen LogP contribution is -2.64. The van der Waals surface area contributed by atoms with E-state index in [9.17, 15) is 27.6 Å². The summed E-state index contributed by atoms with van der Waals surface area (Å²) in [6, 6.07) is 7.53. The lowest BCUT2D eigenvalue weighted by molar-refractivity contribution is -0.992. The van der Waals surface area contributed by atoms with Crippen LogP contribution in [0.15, 0.2) is 47.9 Å². The van der Waals surface area contributed by atoms with Crippen LogP contribution in [0.2, 0.25) is 0 Å². The van der Waals surface area contributed by atoms with Crippen LogP contribution in [-0.4, -0.2) is 88.0 Å². The van der Waals surface area contributed by atoms with E-state index >= 15 is 0 Å². The summed E-state index contributed by atoms with van der Waals surface area (Å²) in [4.78, 5) is 53.3. The van der Waals surface area contributed by atoms with Gasteiger partial charge in [-0.3, -0.25) is 9.69 Å². The average molecular weight is 572 g/mol. The quantitative estimate of drug-likeness (QED) is 0.514. The number of rotatable bonds is 4. The van der Waals surface area contributed by atoms with Crippen LogP contribution in [0.1, 0.15) is 49.5 Å². The number of benzene rings is 1. The summed E-state index contributed by atoms with van der Waals surface area (Å²) in [5, 5.41) is 9.03. The lowest BCUT2D eigenvalue weighted by atomic mass is 9.90. The average Bonchev–Trinajstić information content (AvgIpc) is 3.12. The smallest absolute Gasteiger partial charge is 0.329 e. The van der Waals surface area contributed by atoms with E-state index in [2.05, 4.69) is 4.99 Å². The van der Waals surface area contributed by atoms with Gasteiger partial charge in [0.25, 0.3) is 17.4 Å². The van der Waals surface area contributed by atoms with E-state index in [4.69, 9.17) is 10.1 Å². The van der Waals surface area contributed by atoms with Gasteiger partial charge in [0.05, 0.1) is 43.9 Å². The fraction of sp³-hybridized carbons (Fsp3) is 0.464. The third kappa shape index (κ3) is 4.97. The zero-order valence-corrected chi connectivity index (χ0v) is 23.1. The number of nitriles is 1. The number of halogens is 3. The first-order chi connectivity index (χ1) is 19.1. The third-order valence-electron chi connectivity index (χ3n) is 7.66. The molecule has 0 aromatic heterocycles. The molecule has 6 rings (SSSR count). The van der Waals surface area contributed by atoms with E-state index in [-0.39, 0.29) is 36.1 Å². The summed E-state index contributed by atoms with van der Waals surface area (Å²) in [7, 11) is 1.39. The number of amidine groups is 1. The van der Waals surface area contributed by atoms with Crippen LogP contribution < -0.4 is 4.99 Å². The van der Waals surface area contributed by atoms with Crippen molar-refractivity contribution in [1.82, 2.24) is 19.7 Å². The summed E-state index contributed by atoms with van der Waals surface area (Å²) in [5.41, 5.74) is 0.325. The Morgan fingerprint density at radius 2 is 1.76 bits per heavy atom. The van der Waals surface area contributed by atoms with Gasteiger partial charge in [0, 0.05) is 27.8 Å². The van der Waals surface area contributed by atoms with Gasteiger partial charge >= 0.3 is 24.0 Å². The maximum absolute atomic E-state index is 13.5. The van der Waals surface area contributed by atoms with Gasteiger partial charge in [-0.15, -0.1) is 0 Å². The van der Waals surface area contributed by atoms with Gasteiger partial charge in [-0.1, -0.05) is 25.8 Å². The number of urea groups is 1. The molecule has 3 unspecified atom stereocenters. The zero-order chi connectivity index (χ0) is 29.9. The number of quaternary nitrogens is 1. The van der Waals surface area contributed by atoms with Crippen LogP contribution in [0.25, 0.3) is 0 Å². The second-order valence-electron chi connectivity index (χ2n) is 11.9. The summed E-state index contributed by atoms with van der Waals surface area (Å²) in [6.45, 7) is 5.91. The van der Waals surface area contributed by atoms with Crippen LogP contribution in [0.5, 0.6) is 0 Å². The highest BCUT2D eigenvalue weighted by Crippen LogP contribution is 2.39.